The van der Waals surface area contributed by atoms with E-state index >= 15 is 0 Å². The van der Waals surface area contributed by atoms with Crippen molar-refractivity contribution in [3.05, 3.63) is 29.8 Å². The minimum Gasteiger partial charge on any atom is -0.497 e. The van der Waals surface area contributed by atoms with Gasteiger partial charge in [-0.05, 0) is 50.3 Å². The van der Waals surface area contributed by atoms with E-state index in [2.05, 4.69) is 34.6 Å². The lowest BCUT2D eigenvalue weighted by molar-refractivity contribution is 0.242. The van der Waals surface area contributed by atoms with Crippen LogP contribution in [-0.2, 0) is 6.42 Å². The summed E-state index contributed by atoms with van der Waals surface area (Å²) in [5, 5.41) is 7.05. The smallest absolute Gasteiger partial charge is 0.191 e. The highest BCUT2D eigenvalue weighted by Gasteiger charge is 2.30. The van der Waals surface area contributed by atoms with Crippen molar-refractivity contribution >= 4 is 5.96 Å². The average Bonchev–Trinajstić information content (AvgIpc) is 3.33. The second-order valence-corrected chi connectivity index (χ2v) is 7.43. The molecule has 0 amide bonds. The number of likely N-dealkylation sites (tertiary alicyclic amines) is 1. The molecule has 2 N–H and O–H groups in total. The second kappa shape index (κ2) is 9.81. The molecule has 144 valence electrons. The molecule has 1 heterocycles. The summed E-state index contributed by atoms with van der Waals surface area (Å²) in [4.78, 5) is 7.47. The van der Waals surface area contributed by atoms with Gasteiger partial charge < -0.3 is 15.4 Å². The molecule has 2 fully saturated rings. The van der Waals surface area contributed by atoms with Crippen LogP contribution in [0.4, 0.5) is 0 Å². The maximum Gasteiger partial charge on any atom is 0.191 e. The molecule has 1 aliphatic carbocycles. The molecule has 0 spiro atoms. The van der Waals surface area contributed by atoms with Gasteiger partial charge in [0.2, 0.25) is 0 Å². The fourth-order valence-corrected chi connectivity index (χ4v) is 4.14. The van der Waals surface area contributed by atoms with Crippen LogP contribution in [0.5, 0.6) is 5.75 Å². The molecule has 0 aromatic heterocycles. The topological polar surface area (TPSA) is 48.9 Å². The van der Waals surface area contributed by atoms with E-state index in [0.717, 1.165) is 43.8 Å². The molecule has 1 atom stereocenters. The predicted molar refractivity (Wildman–Crippen MR) is 108 cm³/mol. The largest absolute Gasteiger partial charge is 0.497 e. The van der Waals surface area contributed by atoms with Crippen molar-refractivity contribution in [1.29, 1.82) is 0 Å². The van der Waals surface area contributed by atoms with Crippen molar-refractivity contribution in [1.82, 2.24) is 15.5 Å². The first-order valence-electron chi connectivity index (χ1n) is 10.2. The van der Waals surface area contributed by atoms with Crippen LogP contribution in [0, 0.1) is 0 Å². The van der Waals surface area contributed by atoms with Gasteiger partial charge in [-0.25, -0.2) is 0 Å². The first-order chi connectivity index (χ1) is 12.8. The van der Waals surface area contributed by atoms with E-state index in [-0.39, 0.29) is 0 Å². The summed E-state index contributed by atoms with van der Waals surface area (Å²) in [6.45, 7) is 6.18. The maximum absolute atomic E-state index is 5.30. The predicted octanol–water partition coefficient (Wildman–Crippen LogP) is 2.81. The number of nitrogens with one attached hydrogen (secondary N) is 2. The highest BCUT2D eigenvalue weighted by molar-refractivity contribution is 5.80. The number of methoxy groups -OCH3 is 1. The Bertz CT molecular complexity index is 583. The summed E-state index contributed by atoms with van der Waals surface area (Å²) in [6, 6.07) is 9.59. The molecule has 5 nitrogen and oxygen atoms in total. The van der Waals surface area contributed by atoms with Crippen molar-refractivity contribution in [2.75, 3.05) is 33.3 Å². The van der Waals surface area contributed by atoms with Crippen molar-refractivity contribution < 1.29 is 4.74 Å². The van der Waals surface area contributed by atoms with Gasteiger partial charge >= 0.3 is 0 Å². The Labute approximate surface area is 158 Å². The minimum atomic E-state index is 0.519. The lowest BCUT2D eigenvalue weighted by Crippen LogP contribution is -2.45. The van der Waals surface area contributed by atoms with E-state index in [9.17, 15) is 0 Å². The Morgan fingerprint density at radius 3 is 2.88 bits per heavy atom. The average molecular weight is 359 g/mol. The summed E-state index contributed by atoms with van der Waals surface area (Å²) in [7, 11) is 1.71. The second-order valence-electron chi connectivity index (χ2n) is 7.43. The number of ether oxygens (including phenoxy) is 1. The highest BCUT2D eigenvalue weighted by Crippen LogP contribution is 2.26. The van der Waals surface area contributed by atoms with Crippen molar-refractivity contribution in [3.63, 3.8) is 0 Å². The van der Waals surface area contributed by atoms with E-state index < -0.39 is 0 Å². The normalized spacial score (nSPS) is 21.9. The lowest BCUT2D eigenvalue weighted by Gasteiger charge is -2.24. The number of nitrogens with zero attached hydrogens (tertiary/aromatic N) is 2. The number of benzene rings is 1. The van der Waals surface area contributed by atoms with Gasteiger partial charge in [-0.2, -0.15) is 0 Å². The molecule has 3 rings (SSSR count). The molecule has 0 bridgehead atoms. The molecule has 1 aromatic rings. The van der Waals surface area contributed by atoms with E-state index in [1.165, 1.54) is 44.2 Å². The summed E-state index contributed by atoms with van der Waals surface area (Å²) in [5.74, 6) is 1.86. The molecule has 1 saturated carbocycles. The van der Waals surface area contributed by atoms with Gasteiger partial charge in [0.15, 0.2) is 5.96 Å². The van der Waals surface area contributed by atoms with Gasteiger partial charge in [-0.1, -0.05) is 25.0 Å². The maximum atomic E-state index is 5.30. The highest BCUT2D eigenvalue weighted by atomic mass is 16.5. The van der Waals surface area contributed by atoms with Gasteiger partial charge in [0.05, 0.1) is 7.11 Å². The summed E-state index contributed by atoms with van der Waals surface area (Å²) >= 11 is 0. The van der Waals surface area contributed by atoms with Gasteiger partial charge in [0.1, 0.15) is 5.75 Å². The molecule has 1 saturated heterocycles. The van der Waals surface area contributed by atoms with E-state index in [0.29, 0.717) is 6.04 Å². The molecular weight excluding hydrogens is 324 g/mol. The third-order valence-corrected chi connectivity index (χ3v) is 5.55. The number of hydrogen-bond acceptors (Lipinski definition) is 3. The third-order valence-electron chi connectivity index (χ3n) is 5.55. The first kappa shape index (κ1) is 19.0. The molecule has 5 heteroatoms. The van der Waals surface area contributed by atoms with Crippen molar-refractivity contribution in [3.8, 4) is 5.75 Å². The van der Waals surface area contributed by atoms with E-state index in [1.54, 1.807) is 7.11 Å². The SMILES string of the molecule is CCNC(=NCCc1cccc(OC)c1)NC1CCN(C2CCCC2)C1. The Hall–Kier alpha value is -1.75. The monoisotopic (exact) mass is 358 g/mol. The van der Waals surface area contributed by atoms with Gasteiger partial charge in [-0.15, -0.1) is 0 Å². The molecule has 26 heavy (non-hydrogen) atoms. The standard InChI is InChI=1S/C21H34N4O/c1-3-22-21(23-13-11-17-7-6-10-20(15-17)26-2)24-18-12-14-25(16-18)19-8-4-5-9-19/h6-7,10,15,18-19H,3-5,8-9,11-14,16H2,1-2H3,(H2,22,23,24). The quantitative estimate of drug-likeness (QED) is 0.581. The van der Waals surface area contributed by atoms with Gasteiger partial charge in [0, 0.05) is 38.3 Å². The van der Waals surface area contributed by atoms with Crippen molar-refractivity contribution in [2.45, 2.75) is 57.5 Å². The third kappa shape index (κ3) is 5.37. The summed E-state index contributed by atoms with van der Waals surface area (Å²) in [6.07, 6.45) is 7.74. The fraction of sp³-hybridized carbons (Fsp3) is 0.667. The van der Waals surface area contributed by atoms with Gasteiger partial charge in [-0.3, -0.25) is 9.89 Å². The first-order valence-corrected chi connectivity index (χ1v) is 10.2. The summed E-state index contributed by atoms with van der Waals surface area (Å²) < 4.78 is 5.30. The van der Waals surface area contributed by atoms with Crippen LogP contribution in [-0.4, -0.2) is 56.2 Å². The number of guanidine groups is 1. The molecule has 1 aromatic carbocycles. The van der Waals surface area contributed by atoms with Crippen LogP contribution in [0.25, 0.3) is 0 Å². The van der Waals surface area contributed by atoms with Gasteiger partial charge in [0.25, 0.3) is 0 Å². The Kier molecular flexibility index (Phi) is 7.18. The van der Waals surface area contributed by atoms with Crippen LogP contribution in [0.2, 0.25) is 0 Å². The van der Waals surface area contributed by atoms with E-state index in [1.807, 2.05) is 12.1 Å². The zero-order chi connectivity index (χ0) is 18.2. The number of rotatable bonds is 7. The molecule has 2 aliphatic rings. The van der Waals surface area contributed by atoms with Crippen LogP contribution < -0.4 is 15.4 Å². The molecule has 1 aliphatic heterocycles. The Balaban J connectivity index is 1.49. The summed E-state index contributed by atoms with van der Waals surface area (Å²) in [5.41, 5.74) is 1.26. The van der Waals surface area contributed by atoms with Crippen LogP contribution in [0.15, 0.2) is 29.3 Å². The molecule has 1 unspecified atom stereocenters. The Morgan fingerprint density at radius 2 is 2.12 bits per heavy atom. The molecule has 0 radical (unpaired) electrons. The number of aliphatic imine (C=N–C) groups is 1. The zero-order valence-corrected chi connectivity index (χ0v) is 16.3. The molecular formula is C21H34N4O. The van der Waals surface area contributed by atoms with Crippen molar-refractivity contribution in [2.24, 2.45) is 4.99 Å². The van der Waals surface area contributed by atoms with Crippen LogP contribution >= 0.6 is 0 Å². The van der Waals surface area contributed by atoms with E-state index in [4.69, 9.17) is 9.73 Å². The van der Waals surface area contributed by atoms with Crippen LogP contribution in [0.3, 0.4) is 0 Å². The Morgan fingerprint density at radius 1 is 1.27 bits per heavy atom. The minimum absolute atomic E-state index is 0.519. The number of hydrogen-bond donors (Lipinski definition) is 2. The lowest BCUT2D eigenvalue weighted by atomic mass is 10.1. The fourth-order valence-electron chi connectivity index (χ4n) is 4.14. The zero-order valence-electron chi connectivity index (χ0n) is 16.3. The van der Waals surface area contributed by atoms with Crippen LogP contribution in [0.1, 0.15) is 44.6 Å².